The Morgan fingerprint density at radius 2 is 1.30 bits per heavy atom. The van der Waals surface area contributed by atoms with Gasteiger partial charge in [-0.15, -0.1) is 0 Å². The van der Waals surface area contributed by atoms with Crippen molar-refractivity contribution in [3.8, 4) is 11.5 Å². The van der Waals surface area contributed by atoms with Crippen LogP contribution in [0.1, 0.15) is 23.7 Å². The lowest BCUT2D eigenvalue weighted by Crippen LogP contribution is -1.88. The molecule has 4 rings (SSSR count). The quantitative estimate of drug-likeness (QED) is 0.256. The zero-order valence-corrected chi connectivity index (χ0v) is 25.8. The molecule has 7 heteroatoms. The zero-order valence-electron chi connectivity index (χ0n) is 25.8. The molecule has 40 heavy (non-hydrogen) atoms. The summed E-state index contributed by atoms with van der Waals surface area (Å²) < 4.78 is 15.3. The van der Waals surface area contributed by atoms with Crippen LogP contribution in [0.4, 0.5) is 5.69 Å². The Balaban J connectivity index is 0. The van der Waals surface area contributed by atoms with Crippen LogP contribution in [0.3, 0.4) is 0 Å². The van der Waals surface area contributed by atoms with E-state index in [1.807, 2.05) is 93.9 Å². The average Bonchev–Trinajstić information content (AvgIpc) is 3.34. The number of hydrogen-bond donors (Lipinski definition) is 2. The Kier molecular flexibility index (Phi) is 23.8. The topological polar surface area (TPSA) is 82.0 Å². The van der Waals surface area contributed by atoms with Crippen LogP contribution in [-0.4, -0.2) is 51.1 Å². The number of carbonyl (C=O) groups excluding carboxylic acids is 1. The number of hydrogen-bond acceptors (Lipinski definition) is 6. The predicted octanol–water partition coefficient (Wildman–Crippen LogP) is 7.21. The Morgan fingerprint density at radius 3 is 1.55 bits per heavy atom. The van der Waals surface area contributed by atoms with Crippen molar-refractivity contribution in [2.75, 3.05) is 40.8 Å². The van der Waals surface area contributed by atoms with Gasteiger partial charge in [-0.1, -0.05) is 60.2 Å². The number of nitrogens with one attached hydrogen (secondary N) is 1. The number of methoxy groups -OCH3 is 3. The summed E-state index contributed by atoms with van der Waals surface area (Å²) in [6.45, 7) is 7.37. The SMILES string of the molecule is CNc1ccccc1.COC.COC(C)=O.COc1ccc(C)c(O)c1.Cc1ccccc1.Cc1cccn1C. The van der Waals surface area contributed by atoms with Crippen LogP contribution in [0, 0.1) is 20.8 Å². The van der Waals surface area contributed by atoms with Crippen LogP contribution in [0.15, 0.2) is 97.2 Å². The highest BCUT2D eigenvalue weighted by atomic mass is 16.5. The molecule has 0 amide bonds. The first-order chi connectivity index (χ1) is 19.1. The highest BCUT2D eigenvalue weighted by Crippen LogP contribution is 2.21. The molecule has 0 bridgehead atoms. The monoisotopic (exact) mass is 552 g/mol. The van der Waals surface area contributed by atoms with Crippen molar-refractivity contribution >= 4 is 11.7 Å². The summed E-state index contributed by atoms with van der Waals surface area (Å²) in [4.78, 5) is 9.59. The summed E-state index contributed by atoms with van der Waals surface area (Å²) in [5.74, 6) is 0.715. The first kappa shape index (κ1) is 37.9. The maximum absolute atomic E-state index is 9.59. The van der Waals surface area contributed by atoms with E-state index in [0.717, 1.165) is 11.3 Å². The number of esters is 1. The van der Waals surface area contributed by atoms with Gasteiger partial charge in [-0.05, 0) is 56.7 Å². The molecule has 0 aliphatic carbocycles. The van der Waals surface area contributed by atoms with E-state index in [0.29, 0.717) is 5.75 Å². The molecule has 3 aromatic carbocycles. The highest BCUT2D eigenvalue weighted by molar-refractivity contribution is 5.65. The van der Waals surface area contributed by atoms with Gasteiger partial charge in [0.1, 0.15) is 11.5 Å². The summed E-state index contributed by atoms with van der Waals surface area (Å²) in [7, 11) is 10.1. The molecule has 0 radical (unpaired) electrons. The fraction of sp³-hybridized carbons (Fsp3) is 0.303. The average molecular weight is 553 g/mol. The number of benzene rings is 3. The maximum Gasteiger partial charge on any atom is 0.302 e. The van der Waals surface area contributed by atoms with Crippen LogP contribution < -0.4 is 10.1 Å². The molecule has 0 spiro atoms. The zero-order chi connectivity index (χ0) is 30.8. The van der Waals surface area contributed by atoms with E-state index in [4.69, 9.17) is 9.84 Å². The Bertz CT molecular complexity index is 1110. The number of aromatic hydroxyl groups is 1. The summed E-state index contributed by atoms with van der Waals surface area (Å²) in [6.07, 6.45) is 2.04. The number of aromatic nitrogens is 1. The Morgan fingerprint density at radius 1 is 0.800 bits per heavy atom. The molecular weight excluding hydrogens is 504 g/mol. The van der Waals surface area contributed by atoms with E-state index < -0.39 is 0 Å². The molecule has 0 fully saturated rings. The number of phenols is 1. The third-order valence-corrected chi connectivity index (χ3v) is 4.91. The summed E-state index contributed by atoms with van der Waals surface area (Å²) in [6, 6.07) is 29.7. The molecule has 0 aliphatic rings. The van der Waals surface area contributed by atoms with Gasteiger partial charge in [-0.3, -0.25) is 4.79 Å². The van der Waals surface area contributed by atoms with Gasteiger partial charge in [0.2, 0.25) is 0 Å². The van der Waals surface area contributed by atoms with Crippen LogP contribution >= 0.6 is 0 Å². The van der Waals surface area contributed by atoms with Crippen molar-refractivity contribution in [2.45, 2.75) is 27.7 Å². The molecule has 7 nitrogen and oxygen atoms in total. The van der Waals surface area contributed by atoms with Crippen LogP contribution in [0.2, 0.25) is 0 Å². The van der Waals surface area contributed by atoms with E-state index >= 15 is 0 Å². The molecule has 0 saturated carbocycles. The van der Waals surface area contributed by atoms with Gasteiger partial charge in [-0.25, -0.2) is 0 Å². The van der Waals surface area contributed by atoms with Gasteiger partial charge in [-0.2, -0.15) is 0 Å². The van der Waals surface area contributed by atoms with Crippen LogP contribution in [-0.2, 0) is 21.3 Å². The van der Waals surface area contributed by atoms with E-state index in [1.54, 1.807) is 27.4 Å². The lowest BCUT2D eigenvalue weighted by molar-refractivity contribution is -0.137. The molecule has 1 aromatic heterocycles. The van der Waals surface area contributed by atoms with Gasteiger partial charge >= 0.3 is 5.97 Å². The molecular formula is C33H48N2O5. The maximum atomic E-state index is 9.59. The molecule has 220 valence electrons. The third-order valence-electron chi connectivity index (χ3n) is 4.91. The Hall–Kier alpha value is -4.23. The number of carbonyl (C=O) groups is 1. The predicted molar refractivity (Wildman–Crippen MR) is 167 cm³/mol. The minimum absolute atomic E-state index is 0.245. The number of ether oxygens (including phenoxy) is 3. The third kappa shape index (κ3) is 21.8. The normalized spacial score (nSPS) is 8.55. The van der Waals surface area contributed by atoms with Crippen molar-refractivity contribution in [2.24, 2.45) is 7.05 Å². The van der Waals surface area contributed by atoms with Gasteiger partial charge < -0.3 is 29.2 Å². The summed E-state index contributed by atoms with van der Waals surface area (Å²) in [5.41, 5.74) is 4.65. The lowest BCUT2D eigenvalue weighted by Gasteiger charge is -2.01. The number of rotatable bonds is 2. The molecule has 0 saturated heterocycles. The minimum atomic E-state index is -0.245. The second kappa shape index (κ2) is 25.1. The summed E-state index contributed by atoms with van der Waals surface area (Å²) >= 11 is 0. The largest absolute Gasteiger partial charge is 0.508 e. The smallest absolute Gasteiger partial charge is 0.302 e. The molecule has 0 aliphatic heterocycles. The number of nitrogens with zero attached hydrogens (tertiary/aromatic N) is 1. The second-order valence-electron chi connectivity index (χ2n) is 8.29. The number of aryl methyl sites for hydroxylation is 4. The van der Waals surface area contributed by atoms with Crippen molar-refractivity contribution in [3.05, 3.63) is 114 Å². The lowest BCUT2D eigenvalue weighted by atomic mass is 10.2. The van der Waals surface area contributed by atoms with Crippen LogP contribution in [0.5, 0.6) is 11.5 Å². The highest BCUT2D eigenvalue weighted by Gasteiger charge is 1.95. The standard InChI is InChI=1S/C8H10O2.C7H9N.C7H8.C6H9N.C3H6O2.C2H6O/c1-6-3-4-7(10-2)5-8(6)9;1-8-7-5-3-2-4-6-7;1-7-5-3-2-4-6-7;1-6-4-3-5-7(6)2;1-3(4)5-2;1-3-2/h3-5,9H,1-2H3;2-6,8H,1H3;2-6H,1H3;3-5H,1-2H3;1-2H3;1-2H3. The van der Waals surface area contributed by atoms with E-state index in [2.05, 4.69) is 51.4 Å². The number of para-hydroxylation sites is 1. The number of anilines is 1. The summed E-state index contributed by atoms with van der Waals surface area (Å²) in [5, 5.41) is 12.2. The first-order valence-electron chi connectivity index (χ1n) is 12.7. The van der Waals surface area contributed by atoms with E-state index in [9.17, 15) is 4.79 Å². The van der Waals surface area contributed by atoms with Gasteiger partial charge in [0.25, 0.3) is 0 Å². The molecule has 0 unspecified atom stereocenters. The van der Waals surface area contributed by atoms with Crippen molar-refractivity contribution in [1.82, 2.24) is 4.57 Å². The molecule has 2 N–H and O–H groups in total. The fourth-order valence-corrected chi connectivity index (χ4v) is 2.40. The van der Waals surface area contributed by atoms with Gasteiger partial charge in [0.05, 0.1) is 14.2 Å². The molecule has 1 heterocycles. The van der Waals surface area contributed by atoms with Crippen LogP contribution in [0.25, 0.3) is 0 Å². The van der Waals surface area contributed by atoms with E-state index in [1.165, 1.54) is 25.3 Å². The van der Waals surface area contributed by atoms with Gasteiger partial charge in [0.15, 0.2) is 0 Å². The van der Waals surface area contributed by atoms with Crippen molar-refractivity contribution in [3.63, 3.8) is 0 Å². The van der Waals surface area contributed by atoms with E-state index in [-0.39, 0.29) is 11.7 Å². The van der Waals surface area contributed by atoms with Crippen molar-refractivity contribution in [1.29, 1.82) is 0 Å². The molecule has 4 aromatic rings. The van der Waals surface area contributed by atoms with Crippen molar-refractivity contribution < 1.29 is 24.1 Å². The second-order valence-corrected chi connectivity index (χ2v) is 8.29. The minimum Gasteiger partial charge on any atom is -0.508 e. The van der Waals surface area contributed by atoms with Gasteiger partial charge in [0, 0.05) is 58.9 Å². The first-order valence-corrected chi connectivity index (χ1v) is 12.7. The Labute approximate surface area is 241 Å². The number of phenolic OH excluding ortho intramolecular Hbond substituents is 1. The molecule has 0 atom stereocenters. The fourth-order valence-electron chi connectivity index (χ4n) is 2.40.